The van der Waals surface area contributed by atoms with Crippen LogP contribution in [-0.4, -0.2) is 31.1 Å². The van der Waals surface area contributed by atoms with Crippen LogP contribution in [0.4, 0.5) is 4.39 Å². The molecule has 0 amide bonds. The van der Waals surface area contributed by atoms with E-state index >= 15 is 0 Å². The third-order valence-corrected chi connectivity index (χ3v) is 5.39. The van der Waals surface area contributed by atoms with Crippen LogP contribution >= 0.6 is 11.8 Å². The highest BCUT2D eigenvalue weighted by Gasteiger charge is 2.22. The van der Waals surface area contributed by atoms with E-state index in [0.29, 0.717) is 0 Å². The zero-order valence-corrected chi connectivity index (χ0v) is 12.7. The van der Waals surface area contributed by atoms with Crippen LogP contribution in [0.1, 0.15) is 19.4 Å². The smallest absolute Gasteiger partial charge is 0.240 e. The van der Waals surface area contributed by atoms with Gasteiger partial charge in [0.1, 0.15) is 5.82 Å². The number of aliphatic hydroxyl groups excluding tert-OH is 1. The molecule has 0 aliphatic carbocycles. The minimum Gasteiger partial charge on any atom is -0.392 e. The zero-order chi connectivity index (χ0) is 14.7. The van der Waals surface area contributed by atoms with Gasteiger partial charge in [0.25, 0.3) is 0 Å². The largest absolute Gasteiger partial charge is 0.392 e. The SMILES string of the molecule is CSC(C)(C)CNS(=O)(=O)c1ccc(F)c(CO)c1. The van der Waals surface area contributed by atoms with Gasteiger partial charge in [0.15, 0.2) is 0 Å². The lowest BCUT2D eigenvalue weighted by Crippen LogP contribution is -2.36. The number of hydrogen-bond donors (Lipinski definition) is 2. The van der Waals surface area contributed by atoms with Crippen molar-refractivity contribution in [3.8, 4) is 0 Å². The second kappa shape index (κ2) is 6.21. The Morgan fingerprint density at radius 1 is 1.42 bits per heavy atom. The standard InChI is InChI=1S/C12H18FNO3S2/c1-12(2,18-3)8-14-19(16,17)10-4-5-11(13)9(6-10)7-15/h4-6,14-15H,7-8H2,1-3H3. The maximum Gasteiger partial charge on any atom is 0.240 e. The molecule has 108 valence electrons. The van der Waals surface area contributed by atoms with Crippen molar-refractivity contribution in [1.82, 2.24) is 4.72 Å². The Hall–Kier alpha value is -0.630. The molecule has 0 aromatic heterocycles. The number of halogens is 1. The number of thioether (sulfide) groups is 1. The van der Waals surface area contributed by atoms with Crippen molar-refractivity contribution < 1.29 is 17.9 Å². The third-order valence-electron chi connectivity index (χ3n) is 2.74. The van der Waals surface area contributed by atoms with E-state index in [1.165, 1.54) is 6.07 Å². The predicted octanol–water partition coefficient (Wildman–Crippen LogP) is 1.74. The number of benzene rings is 1. The van der Waals surface area contributed by atoms with Crippen LogP contribution in [0.3, 0.4) is 0 Å². The molecule has 1 aromatic carbocycles. The zero-order valence-electron chi connectivity index (χ0n) is 11.1. The van der Waals surface area contributed by atoms with Gasteiger partial charge in [0.2, 0.25) is 10.0 Å². The van der Waals surface area contributed by atoms with Crippen LogP contribution in [0.25, 0.3) is 0 Å². The second-order valence-electron chi connectivity index (χ2n) is 4.70. The molecule has 0 radical (unpaired) electrons. The molecule has 0 aliphatic heterocycles. The van der Waals surface area contributed by atoms with Gasteiger partial charge < -0.3 is 5.11 Å². The van der Waals surface area contributed by atoms with E-state index in [1.807, 2.05) is 20.1 Å². The van der Waals surface area contributed by atoms with Gasteiger partial charge in [-0.2, -0.15) is 11.8 Å². The second-order valence-corrected chi connectivity index (χ2v) is 7.98. The summed E-state index contributed by atoms with van der Waals surface area (Å²) in [6.07, 6.45) is 1.90. The summed E-state index contributed by atoms with van der Waals surface area (Å²) in [5.74, 6) is -0.620. The van der Waals surface area contributed by atoms with Crippen molar-refractivity contribution in [3.05, 3.63) is 29.6 Å². The van der Waals surface area contributed by atoms with Crippen LogP contribution in [0.5, 0.6) is 0 Å². The van der Waals surface area contributed by atoms with Gasteiger partial charge in [-0.05, 0) is 38.3 Å². The van der Waals surface area contributed by atoms with Crippen LogP contribution in [0.2, 0.25) is 0 Å². The first-order valence-electron chi connectivity index (χ1n) is 5.66. The topological polar surface area (TPSA) is 66.4 Å². The number of nitrogens with one attached hydrogen (secondary N) is 1. The highest BCUT2D eigenvalue weighted by Crippen LogP contribution is 2.21. The van der Waals surface area contributed by atoms with Gasteiger partial charge >= 0.3 is 0 Å². The lowest BCUT2D eigenvalue weighted by Gasteiger charge is -2.22. The summed E-state index contributed by atoms with van der Waals surface area (Å²) in [6.45, 7) is 3.57. The number of sulfonamides is 1. The quantitative estimate of drug-likeness (QED) is 0.840. The summed E-state index contributed by atoms with van der Waals surface area (Å²) in [7, 11) is -3.69. The summed E-state index contributed by atoms with van der Waals surface area (Å²) in [6, 6.07) is 3.37. The van der Waals surface area contributed by atoms with E-state index in [2.05, 4.69) is 4.72 Å². The van der Waals surface area contributed by atoms with Gasteiger partial charge in [-0.3, -0.25) is 0 Å². The van der Waals surface area contributed by atoms with Crippen molar-refractivity contribution in [1.29, 1.82) is 0 Å². The molecule has 0 atom stereocenters. The van der Waals surface area contributed by atoms with Gasteiger partial charge in [-0.15, -0.1) is 0 Å². The number of hydrogen-bond acceptors (Lipinski definition) is 4. The Balaban J connectivity index is 2.95. The summed E-state index contributed by atoms with van der Waals surface area (Å²) >= 11 is 1.55. The van der Waals surface area contributed by atoms with E-state index in [4.69, 9.17) is 5.11 Å². The summed E-state index contributed by atoms with van der Waals surface area (Å²) in [4.78, 5) is -0.0464. The summed E-state index contributed by atoms with van der Waals surface area (Å²) < 4.78 is 39.6. The molecule has 19 heavy (non-hydrogen) atoms. The molecule has 0 saturated carbocycles. The maximum absolute atomic E-state index is 13.2. The molecule has 2 N–H and O–H groups in total. The minimum atomic E-state index is -3.69. The third kappa shape index (κ3) is 4.45. The normalized spacial score (nSPS) is 12.7. The van der Waals surface area contributed by atoms with Crippen LogP contribution in [0.15, 0.2) is 23.1 Å². The van der Waals surface area contributed by atoms with Crippen LogP contribution in [-0.2, 0) is 16.6 Å². The molecule has 1 aromatic rings. The number of rotatable bonds is 6. The van der Waals surface area contributed by atoms with Crippen LogP contribution in [0, 0.1) is 5.82 Å². The van der Waals surface area contributed by atoms with Crippen molar-refractivity contribution in [2.24, 2.45) is 0 Å². The first-order chi connectivity index (χ1) is 8.72. The van der Waals surface area contributed by atoms with Crippen molar-refractivity contribution >= 4 is 21.8 Å². The Labute approximate surface area is 117 Å². The molecule has 1 rings (SSSR count). The van der Waals surface area contributed by atoms with Gasteiger partial charge in [-0.25, -0.2) is 17.5 Å². The van der Waals surface area contributed by atoms with E-state index in [-0.39, 0.29) is 21.8 Å². The highest BCUT2D eigenvalue weighted by atomic mass is 32.2. The van der Waals surface area contributed by atoms with E-state index in [9.17, 15) is 12.8 Å². The lowest BCUT2D eigenvalue weighted by molar-refractivity contribution is 0.275. The van der Waals surface area contributed by atoms with Crippen molar-refractivity contribution in [3.63, 3.8) is 0 Å². The molecule has 4 nitrogen and oxygen atoms in total. The van der Waals surface area contributed by atoms with Crippen molar-refractivity contribution in [2.75, 3.05) is 12.8 Å². The Morgan fingerprint density at radius 2 is 2.05 bits per heavy atom. The molecular weight excluding hydrogens is 289 g/mol. The lowest BCUT2D eigenvalue weighted by atomic mass is 10.2. The Bertz CT molecular complexity index is 544. The van der Waals surface area contributed by atoms with E-state index in [1.54, 1.807) is 11.8 Å². The van der Waals surface area contributed by atoms with Gasteiger partial charge in [-0.1, -0.05) is 0 Å². The van der Waals surface area contributed by atoms with E-state index < -0.39 is 22.4 Å². The number of aliphatic hydroxyl groups is 1. The fourth-order valence-corrected chi connectivity index (χ4v) is 2.83. The first-order valence-corrected chi connectivity index (χ1v) is 8.37. The predicted molar refractivity (Wildman–Crippen MR) is 75.1 cm³/mol. The first kappa shape index (κ1) is 16.4. The van der Waals surface area contributed by atoms with E-state index in [0.717, 1.165) is 12.1 Å². The monoisotopic (exact) mass is 307 g/mol. The van der Waals surface area contributed by atoms with Gasteiger partial charge in [0.05, 0.1) is 11.5 Å². The molecule has 0 spiro atoms. The molecule has 0 fully saturated rings. The van der Waals surface area contributed by atoms with Crippen molar-refractivity contribution in [2.45, 2.75) is 30.1 Å². The van der Waals surface area contributed by atoms with Gasteiger partial charge in [0, 0.05) is 16.9 Å². The average Bonchev–Trinajstić information content (AvgIpc) is 2.37. The fourth-order valence-electron chi connectivity index (χ4n) is 1.26. The molecule has 0 unspecified atom stereocenters. The molecule has 0 saturated heterocycles. The molecule has 0 heterocycles. The highest BCUT2D eigenvalue weighted by molar-refractivity contribution is 8.00. The molecular formula is C12H18FNO3S2. The van der Waals surface area contributed by atoms with Crippen LogP contribution < -0.4 is 4.72 Å². The Morgan fingerprint density at radius 3 is 2.58 bits per heavy atom. The molecule has 0 aliphatic rings. The average molecular weight is 307 g/mol. The summed E-state index contributed by atoms with van der Waals surface area (Å²) in [5.41, 5.74) is -0.0352. The Kier molecular flexibility index (Phi) is 5.37. The maximum atomic E-state index is 13.2. The summed E-state index contributed by atoms with van der Waals surface area (Å²) in [5, 5.41) is 8.95. The minimum absolute atomic E-state index is 0.0352. The molecule has 7 heteroatoms. The fraction of sp³-hybridized carbons (Fsp3) is 0.500. The molecule has 0 bridgehead atoms.